The monoisotopic (exact) mass is 604 g/mol. The molecule has 2 aromatic rings. The molecule has 0 saturated heterocycles. The molecule has 0 aromatic heterocycles. The van der Waals surface area contributed by atoms with E-state index < -0.39 is 57.5 Å². The molecule has 0 fully saturated rings. The number of aliphatic hydroxyl groups excluding tert-OH is 1. The molecule has 0 spiro atoms. The predicted molar refractivity (Wildman–Crippen MR) is 146 cm³/mol. The molecule has 0 unspecified atom stereocenters. The van der Waals surface area contributed by atoms with Crippen LogP contribution in [0.1, 0.15) is 24.2 Å². The lowest BCUT2D eigenvalue weighted by atomic mass is 9.99. The van der Waals surface area contributed by atoms with E-state index in [4.69, 9.17) is 21.9 Å². The van der Waals surface area contributed by atoms with Gasteiger partial charge < -0.3 is 37.7 Å². The number of aliphatic hydroxyl groups is 1. The van der Waals surface area contributed by atoms with Gasteiger partial charge in [0.1, 0.15) is 17.9 Å². The molecule has 0 aliphatic heterocycles. The lowest BCUT2D eigenvalue weighted by Gasteiger charge is -2.26. The van der Waals surface area contributed by atoms with Crippen molar-refractivity contribution in [3.8, 4) is 5.75 Å². The van der Waals surface area contributed by atoms with Gasteiger partial charge in [-0.05, 0) is 48.9 Å². The van der Waals surface area contributed by atoms with Crippen molar-refractivity contribution in [3.05, 3.63) is 59.7 Å². The zero-order valence-corrected chi connectivity index (χ0v) is 23.1. The van der Waals surface area contributed by atoms with E-state index in [9.17, 15) is 36.3 Å². The molecule has 0 radical (unpaired) electrons. The number of anilines is 1. The van der Waals surface area contributed by atoms with Gasteiger partial charge in [-0.2, -0.15) is 17.5 Å². The number of carbonyl (C=O) groups excluding carboxylic acids is 2. The highest BCUT2D eigenvalue weighted by Crippen LogP contribution is 2.30. The van der Waals surface area contributed by atoms with Gasteiger partial charge in [0.05, 0.1) is 24.0 Å². The van der Waals surface area contributed by atoms with Gasteiger partial charge in [0, 0.05) is 31.9 Å². The zero-order chi connectivity index (χ0) is 30.8. The number of nitrogens with zero attached hydrogens (tertiary/aromatic N) is 1. The molecule has 0 heterocycles. The number of carbonyl (C=O) groups is 2. The molecule has 228 valence electrons. The van der Waals surface area contributed by atoms with E-state index in [-0.39, 0.29) is 37.4 Å². The Morgan fingerprint density at radius 1 is 1.00 bits per heavy atom. The third-order valence-corrected chi connectivity index (χ3v) is 7.72. The van der Waals surface area contributed by atoms with Crippen molar-refractivity contribution in [2.75, 3.05) is 43.9 Å². The first kappa shape index (κ1) is 33.9. The van der Waals surface area contributed by atoms with Crippen LogP contribution >= 0.6 is 0 Å². The van der Waals surface area contributed by atoms with Crippen LogP contribution in [0.2, 0.25) is 0 Å². The second-order valence-corrected chi connectivity index (χ2v) is 10.9. The quantitative estimate of drug-likeness (QED) is 0.163. The third-order valence-electron chi connectivity index (χ3n) is 5.79. The molecule has 16 heteroatoms. The number of alkyl halides is 3. The maximum atomic E-state index is 13.2. The first-order valence-electron chi connectivity index (χ1n) is 12.6. The van der Waals surface area contributed by atoms with Gasteiger partial charge in [-0.15, -0.1) is 0 Å². The van der Waals surface area contributed by atoms with Crippen molar-refractivity contribution in [1.82, 2.24) is 9.62 Å². The molecule has 2 amide bonds. The van der Waals surface area contributed by atoms with E-state index in [1.165, 1.54) is 12.1 Å². The van der Waals surface area contributed by atoms with Crippen LogP contribution in [0.25, 0.3) is 0 Å². The first-order chi connectivity index (χ1) is 19.2. The minimum atomic E-state index is -4.64. The van der Waals surface area contributed by atoms with Gasteiger partial charge in [0.25, 0.3) is 0 Å². The standard InChI is InChI=1S/C25H35F3N6O6S/c1-2-40-19-9-7-18(8-10-19)32-24(37)21(22(35)16-3-5-17(6-4-16)25(26,27)28)33-23(36)20(31)15-41(38,39)34(13-11-29)14-12-30/h3-10,20-22,35H,2,11-15,29-31H2,1H3,(H,32,37)(H,33,36)/t20-,21-,22+/m0/s1. The lowest BCUT2D eigenvalue weighted by molar-refractivity contribution is -0.137. The number of nitrogens with two attached hydrogens (primary N) is 3. The predicted octanol–water partition coefficient (Wildman–Crippen LogP) is 0.138. The largest absolute Gasteiger partial charge is 0.494 e. The van der Waals surface area contributed by atoms with Crippen molar-refractivity contribution in [2.45, 2.75) is 31.3 Å². The number of hydrogen-bond donors (Lipinski definition) is 6. The zero-order valence-electron chi connectivity index (χ0n) is 22.3. The van der Waals surface area contributed by atoms with E-state index in [1.807, 2.05) is 0 Å². The van der Waals surface area contributed by atoms with Crippen LogP contribution in [-0.4, -0.2) is 80.3 Å². The van der Waals surface area contributed by atoms with Crippen molar-refractivity contribution >= 4 is 27.5 Å². The molecule has 9 N–H and O–H groups in total. The van der Waals surface area contributed by atoms with Crippen molar-refractivity contribution in [2.24, 2.45) is 17.2 Å². The van der Waals surface area contributed by atoms with E-state index in [1.54, 1.807) is 19.1 Å². The Morgan fingerprint density at radius 2 is 1.56 bits per heavy atom. The Kier molecular flexibility index (Phi) is 12.5. The fourth-order valence-electron chi connectivity index (χ4n) is 3.72. The number of hydrogen-bond acceptors (Lipinski definition) is 9. The average Bonchev–Trinajstić information content (AvgIpc) is 2.91. The summed E-state index contributed by atoms with van der Waals surface area (Å²) in [4.78, 5) is 26.1. The van der Waals surface area contributed by atoms with Gasteiger partial charge in [-0.25, -0.2) is 8.42 Å². The van der Waals surface area contributed by atoms with E-state index in [0.29, 0.717) is 24.5 Å². The van der Waals surface area contributed by atoms with Gasteiger partial charge in [0.2, 0.25) is 21.8 Å². The smallest absolute Gasteiger partial charge is 0.416 e. The topological polar surface area (TPSA) is 203 Å². The Labute approximate surface area is 236 Å². The first-order valence-corrected chi connectivity index (χ1v) is 14.2. The van der Waals surface area contributed by atoms with Crippen molar-refractivity contribution in [3.63, 3.8) is 0 Å². The summed E-state index contributed by atoms with van der Waals surface area (Å²) < 4.78 is 70.8. The summed E-state index contributed by atoms with van der Waals surface area (Å²) in [5.41, 5.74) is 15.9. The van der Waals surface area contributed by atoms with Gasteiger partial charge in [0.15, 0.2) is 0 Å². The number of nitrogens with one attached hydrogen (secondary N) is 2. The SMILES string of the molecule is CCOc1ccc(NC(=O)[C@@H](NC(=O)[C@@H](N)CS(=O)(=O)N(CCN)CCN)[C@H](O)c2ccc(C(F)(F)F)cc2)cc1. The van der Waals surface area contributed by atoms with Crippen LogP contribution in [0.15, 0.2) is 48.5 Å². The fourth-order valence-corrected chi connectivity index (χ4v) is 5.30. The second-order valence-electron chi connectivity index (χ2n) is 8.86. The summed E-state index contributed by atoms with van der Waals surface area (Å²) in [5.74, 6) is -2.39. The fraction of sp³-hybridized carbons (Fsp3) is 0.440. The normalized spacial score (nSPS) is 14.3. The molecule has 0 saturated carbocycles. The summed E-state index contributed by atoms with van der Waals surface area (Å²) in [7, 11) is -4.09. The second kappa shape index (κ2) is 15.1. The number of ether oxygens (including phenoxy) is 1. The highest BCUT2D eigenvalue weighted by molar-refractivity contribution is 7.89. The molecule has 12 nitrogen and oxygen atoms in total. The number of halogens is 3. The van der Waals surface area contributed by atoms with Crippen LogP contribution in [0.3, 0.4) is 0 Å². The molecule has 41 heavy (non-hydrogen) atoms. The van der Waals surface area contributed by atoms with Crippen LogP contribution in [0.5, 0.6) is 5.75 Å². The summed E-state index contributed by atoms with van der Waals surface area (Å²) in [6.07, 6.45) is -6.47. The summed E-state index contributed by atoms with van der Waals surface area (Å²) in [6, 6.07) is 6.00. The highest BCUT2D eigenvalue weighted by Gasteiger charge is 2.35. The van der Waals surface area contributed by atoms with Crippen molar-refractivity contribution in [1.29, 1.82) is 0 Å². The molecule has 2 aromatic carbocycles. The van der Waals surface area contributed by atoms with Crippen LogP contribution in [0.4, 0.5) is 18.9 Å². The Hall–Kier alpha value is -3.28. The van der Waals surface area contributed by atoms with Crippen LogP contribution in [-0.2, 0) is 25.8 Å². The lowest BCUT2D eigenvalue weighted by Crippen LogP contribution is -2.55. The van der Waals surface area contributed by atoms with Crippen LogP contribution in [0, 0.1) is 0 Å². The van der Waals surface area contributed by atoms with Gasteiger partial charge in [-0.1, -0.05) is 12.1 Å². The Balaban J connectivity index is 2.30. The Morgan fingerprint density at radius 3 is 2.05 bits per heavy atom. The molecule has 0 aliphatic rings. The molecule has 3 atom stereocenters. The number of sulfonamides is 1. The number of benzene rings is 2. The number of amides is 2. The summed E-state index contributed by atoms with van der Waals surface area (Å²) in [6.45, 7) is 2.06. The van der Waals surface area contributed by atoms with Gasteiger partial charge >= 0.3 is 6.18 Å². The molecule has 0 bridgehead atoms. The van der Waals surface area contributed by atoms with Crippen molar-refractivity contribution < 1.29 is 41.0 Å². The van der Waals surface area contributed by atoms with E-state index in [2.05, 4.69) is 10.6 Å². The maximum Gasteiger partial charge on any atom is 0.416 e. The molecular formula is C25H35F3N6O6S. The molecule has 0 aliphatic carbocycles. The van der Waals surface area contributed by atoms with Crippen LogP contribution < -0.4 is 32.6 Å². The molecular weight excluding hydrogens is 569 g/mol. The summed E-state index contributed by atoms with van der Waals surface area (Å²) in [5, 5.41) is 15.7. The number of rotatable bonds is 15. The Bertz CT molecular complexity index is 1240. The average molecular weight is 605 g/mol. The minimum Gasteiger partial charge on any atom is -0.494 e. The minimum absolute atomic E-state index is 0.00617. The third kappa shape index (κ3) is 9.94. The van der Waals surface area contributed by atoms with E-state index >= 15 is 0 Å². The molecule has 2 rings (SSSR count). The summed E-state index contributed by atoms with van der Waals surface area (Å²) >= 11 is 0. The highest BCUT2D eigenvalue weighted by atomic mass is 32.2. The van der Waals surface area contributed by atoms with E-state index in [0.717, 1.165) is 16.4 Å². The maximum absolute atomic E-state index is 13.2. The van der Waals surface area contributed by atoms with Gasteiger partial charge in [-0.3, -0.25) is 9.59 Å².